The Kier molecular flexibility index (Phi) is 4.26. The lowest BCUT2D eigenvalue weighted by atomic mass is 10.3. The van der Waals surface area contributed by atoms with Crippen molar-refractivity contribution in [1.29, 1.82) is 0 Å². The molecule has 1 aromatic carbocycles. The van der Waals surface area contributed by atoms with E-state index in [4.69, 9.17) is 32.7 Å². The predicted octanol–water partition coefficient (Wildman–Crippen LogP) is 4.10. The van der Waals surface area contributed by atoms with Gasteiger partial charge >= 0.3 is 0 Å². The third-order valence-electron chi connectivity index (χ3n) is 2.33. The third-order valence-corrected chi connectivity index (χ3v) is 2.89. The highest BCUT2D eigenvalue weighted by molar-refractivity contribution is 6.37. The largest absolute Gasteiger partial charge is 0.481 e. The average molecular weight is 315 g/mol. The number of nitro groups is 1. The summed E-state index contributed by atoms with van der Waals surface area (Å²) in [5, 5.41) is 10.8. The smallest absolute Gasteiger partial charge is 0.272 e. The molecule has 0 unspecified atom stereocenters. The minimum atomic E-state index is -0.587. The van der Waals surface area contributed by atoms with E-state index in [2.05, 4.69) is 4.98 Å². The average Bonchev–Trinajstić information content (AvgIpc) is 2.43. The van der Waals surface area contributed by atoms with Crippen LogP contribution < -0.4 is 9.47 Å². The van der Waals surface area contributed by atoms with E-state index in [9.17, 15) is 10.1 Å². The molecule has 1 aromatic heterocycles. The standard InChI is InChI=1S/C12H8Cl2N2O4/c1-19-11-3-2-8(6-15-11)20-12-9(13)4-7(16(17)18)5-10(12)14/h2-6H,1H3. The van der Waals surface area contributed by atoms with Crippen molar-refractivity contribution in [3.05, 3.63) is 50.6 Å². The molecule has 0 amide bonds. The van der Waals surface area contributed by atoms with Crippen LogP contribution in [0.5, 0.6) is 17.4 Å². The third kappa shape index (κ3) is 3.09. The van der Waals surface area contributed by atoms with Gasteiger partial charge in [0.15, 0.2) is 5.75 Å². The summed E-state index contributed by atoms with van der Waals surface area (Å²) in [7, 11) is 1.49. The van der Waals surface area contributed by atoms with Crippen LogP contribution in [0.1, 0.15) is 0 Å². The van der Waals surface area contributed by atoms with E-state index >= 15 is 0 Å². The van der Waals surface area contributed by atoms with E-state index < -0.39 is 4.92 Å². The first-order valence-corrected chi connectivity index (χ1v) is 6.08. The maximum absolute atomic E-state index is 10.7. The van der Waals surface area contributed by atoms with Gasteiger partial charge in [-0.1, -0.05) is 23.2 Å². The van der Waals surface area contributed by atoms with Crippen LogP contribution >= 0.6 is 23.2 Å². The van der Waals surface area contributed by atoms with Gasteiger partial charge in [-0.25, -0.2) is 4.98 Å². The van der Waals surface area contributed by atoms with Crippen LogP contribution in [-0.2, 0) is 0 Å². The highest BCUT2D eigenvalue weighted by Gasteiger charge is 2.16. The summed E-state index contributed by atoms with van der Waals surface area (Å²) in [5.41, 5.74) is -0.208. The van der Waals surface area contributed by atoms with Gasteiger partial charge in [0.1, 0.15) is 5.75 Å². The Morgan fingerprint density at radius 2 is 1.90 bits per heavy atom. The second kappa shape index (κ2) is 5.94. The Bertz CT molecular complexity index is 623. The normalized spacial score (nSPS) is 10.2. The molecule has 0 bridgehead atoms. The van der Waals surface area contributed by atoms with Crippen LogP contribution in [0.3, 0.4) is 0 Å². The number of aromatic nitrogens is 1. The number of hydrogen-bond donors (Lipinski definition) is 0. The summed E-state index contributed by atoms with van der Waals surface area (Å²) in [6.45, 7) is 0. The summed E-state index contributed by atoms with van der Waals surface area (Å²) in [6, 6.07) is 5.54. The molecule has 6 nitrogen and oxygen atoms in total. The van der Waals surface area contributed by atoms with E-state index in [0.717, 1.165) is 0 Å². The molecule has 0 fully saturated rings. The first-order chi connectivity index (χ1) is 9.51. The van der Waals surface area contributed by atoms with Crippen molar-refractivity contribution in [1.82, 2.24) is 4.98 Å². The molecule has 0 saturated carbocycles. The molecule has 20 heavy (non-hydrogen) atoms. The number of pyridine rings is 1. The second-order valence-electron chi connectivity index (χ2n) is 3.63. The number of nitro benzene ring substituents is 1. The zero-order valence-electron chi connectivity index (χ0n) is 10.2. The van der Waals surface area contributed by atoms with Crippen molar-refractivity contribution >= 4 is 28.9 Å². The fraction of sp³-hybridized carbons (Fsp3) is 0.0833. The van der Waals surface area contributed by atoms with Gasteiger partial charge in [-0.15, -0.1) is 0 Å². The minimum Gasteiger partial charge on any atom is -0.481 e. The molecule has 0 aliphatic heterocycles. The maximum Gasteiger partial charge on any atom is 0.272 e. The lowest BCUT2D eigenvalue weighted by molar-refractivity contribution is -0.384. The number of non-ortho nitro benzene ring substituents is 1. The maximum atomic E-state index is 10.7. The van der Waals surface area contributed by atoms with Crippen molar-refractivity contribution in [2.75, 3.05) is 7.11 Å². The zero-order valence-corrected chi connectivity index (χ0v) is 11.7. The molecule has 2 aromatic rings. The van der Waals surface area contributed by atoms with Crippen LogP contribution in [0, 0.1) is 10.1 Å². The van der Waals surface area contributed by atoms with Gasteiger partial charge in [0.2, 0.25) is 5.88 Å². The number of halogens is 2. The van der Waals surface area contributed by atoms with Crippen molar-refractivity contribution in [3.8, 4) is 17.4 Å². The number of ether oxygens (including phenoxy) is 2. The molecule has 0 radical (unpaired) electrons. The Balaban J connectivity index is 2.30. The van der Waals surface area contributed by atoms with Crippen molar-refractivity contribution in [2.45, 2.75) is 0 Å². The fourth-order valence-corrected chi connectivity index (χ4v) is 1.97. The Morgan fingerprint density at radius 1 is 1.25 bits per heavy atom. The van der Waals surface area contributed by atoms with Gasteiger partial charge in [-0.3, -0.25) is 10.1 Å². The van der Waals surface area contributed by atoms with Gasteiger partial charge in [0.25, 0.3) is 5.69 Å². The van der Waals surface area contributed by atoms with Gasteiger partial charge in [0.05, 0.1) is 28.3 Å². The first-order valence-electron chi connectivity index (χ1n) is 5.32. The van der Waals surface area contributed by atoms with Crippen molar-refractivity contribution in [3.63, 3.8) is 0 Å². The van der Waals surface area contributed by atoms with Crippen LogP contribution in [0.15, 0.2) is 30.5 Å². The Labute approximate surface area is 124 Å². The van der Waals surface area contributed by atoms with Gasteiger partial charge in [-0.05, 0) is 6.07 Å². The summed E-state index contributed by atoms with van der Waals surface area (Å²) in [4.78, 5) is 14.0. The van der Waals surface area contributed by atoms with E-state index in [1.165, 1.54) is 25.4 Å². The molecule has 1 heterocycles. The molecule has 2 rings (SSSR count). The molecule has 0 spiro atoms. The molecule has 0 saturated heterocycles. The van der Waals surface area contributed by atoms with Crippen LogP contribution in [0.4, 0.5) is 5.69 Å². The number of methoxy groups -OCH3 is 1. The number of rotatable bonds is 4. The van der Waals surface area contributed by atoms with Crippen LogP contribution in [0.2, 0.25) is 10.0 Å². The van der Waals surface area contributed by atoms with Crippen molar-refractivity contribution in [2.24, 2.45) is 0 Å². The van der Waals surface area contributed by atoms with E-state index in [1.54, 1.807) is 12.1 Å². The number of nitrogens with zero attached hydrogens (tertiary/aromatic N) is 2. The quantitative estimate of drug-likeness (QED) is 0.627. The summed E-state index contributed by atoms with van der Waals surface area (Å²) < 4.78 is 10.4. The first kappa shape index (κ1) is 14.4. The Morgan fingerprint density at radius 3 is 2.35 bits per heavy atom. The van der Waals surface area contributed by atoms with E-state index in [1.807, 2.05) is 0 Å². The molecule has 104 valence electrons. The molecule has 0 N–H and O–H groups in total. The van der Waals surface area contributed by atoms with Gasteiger partial charge in [0, 0.05) is 18.2 Å². The summed E-state index contributed by atoms with van der Waals surface area (Å²) in [6.07, 6.45) is 1.42. The molecule has 0 aliphatic carbocycles. The lowest BCUT2D eigenvalue weighted by Crippen LogP contribution is -1.92. The van der Waals surface area contributed by atoms with Crippen molar-refractivity contribution < 1.29 is 14.4 Å². The highest BCUT2D eigenvalue weighted by atomic mass is 35.5. The number of benzene rings is 1. The summed E-state index contributed by atoms with van der Waals surface area (Å²) in [5.74, 6) is 0.938. The van der Waals surface area contributed by atoms with Gasteiger partial charge in [-0.2, -0.15) is 0 Å². The molecule has 0 aliphatic rings. The second-order valence-corrected chi connectivity index (χ2v) is 4.45. The van der Waals surface area contributed by atoms with Crippen LogP contribution in [0.25, 0.3) is 0 Å². The SMILES string of the molecule is COc1ccc(Oc2c(Cl)cc([N+](=O)[O-])cc2Cl)cn1. The van der Waals surface area contributed by atoms with Gasteiger partial charge < -0.3 is 9.47 Å². The topological polar surface area (TPSA) is 74.5 Å². The molecule has 0 atom stereocenters. The summed E-state index contributed by atoms with van der Waals surface area (Å²) >= 11 is 11.9. The molecular weight excluding hydrogens is 307 g/mol. The van der Waals surface area contributed by atoms with Crippen LogP contribution in [-0.4, -0.2) is 17.0 Å². The minimum absolute atomic E-state index is 0.0417. The number of hydrogen-bond acceptors (Lipinski definition) is 5. The predicted molar refractivity (Wildman–Crippen MR) is 74.0 cm³/mol. The highest BCUT2D eigenvalue weighted by Crippen LogP contribution is 2.39. The molecular formula is C12H8Cl2N2O4. The lowest BCUT2D eigenvalue weighted by Gasteiger charge is -2.09. The van der Waals surface area contributed by atoms with E-state index in [-0.39, 0.29) is 21.5 Å². The monoisotopic (exact) mass is 314 g/mol. The van der Waals surface area contributed by atoms with E-state index in [0.29, 0.717) is 11.6 Å². The fourth-order valence-electron chi connectivity index (χ4n) is 1.42. The zero-order chi connectivity index (χ0) is 14.7. The molecule has 8 heteroatoms. The Hall–Kier alpha value is -2.05.